The summed E-state index contributed by atoms with van der Waals surface area (Å²) in [5.74, 6) is -0.461. The van der Waals surface area contributed by atoms with Crippen LogP contribution in [0.4, 0.5) is 0 Å². The molecule has 2 aromatic carbocycles. The summed E-state index contributed by atoms with van der Waals surface area (Å²) >= 11 is 1.62. The van der Waals surface area contributed by atoms with Crippen molar-refractivity contribution in [1.82, 2.24) is 15.5 Å². The number of hydrogen-bond acceptors (Lipinski definition) is 6. The summed E-state index contributed by atoms with van der Waals surface area (Å²) in [7, 11) is 0. The van der Waals surface area contributed by atoms with Crippen molar-refractivity contribution in [2.45, 2.75) is 4.90 Å². The van der Waals surface area contributed by atoms with E-state index in [1.54, 1.807) is 36.0 Å². The molecule has 3 rings (SSSR count). The molecule has 0 fully saturated rings. The Morgan fingerprint density at radius 3 is 2.52 bits per heavy atom. The fourth-order valence-corrected chi connectivity index (χ4v) is 3.19. The van der Waals surface area contributed by atoms with Crippen LogP contribution in [0.25, 0.3) is 10.8 Å². The smallest absolute Gasteiger partial charge is 0.359 e. The van der Waals surface area contributed by atoms with Crippen LogP contribution in [-0.4, -0.2) is 41.0 Å². The van der Waals surface area contributed by atoms with Crippen LogP contribution in [0.5, 0.6) is 0 Å². The summed E-state index contributed by atoms with van der Waals surface area (Å²) < 4.78 is 5.01. The first-order valence-electron chi connectivity index (χ1n) is 8.24. The molecule has 2 N–H and O–H groups in total. The van der Waals surface area contributed by atoms with Gasteiger partial charge in [-0.05, 0) is 18.2 Å². The van der Waals surface area contributed by atoms with Crippen molar-refractivity contribution in [2.24, 2.45) is 0 Å². The van der Waals surface area contributed by atoms with Crippen molar-refractivity contribution in [2.75, 3.05) is 18.9 Å². The number of H-pyrrole nitrogens is 1. The van der Waals surface area contributed by atoms with Gasteiger partial charge in [0.1, 0.15) is 0 Å². The maximum absolute atomic E-state index is 12.2. The molecule has 7 nitrogen and oxygen atoms in total. The van der Waals surface area contributed by atoms with Crippen molar-refractivity contribution < 1.29 is 14.3 Å². The predicted molar refractivity (Wildman–Crippen MR) is 103 cm³/mol. The predicted octanol–water partition coefficient (Wildman–Crippen LogP) is 1.99. The largest absolute Gasteiger partial charge is 0.451 e. The first kappa shape index (κ1) is 18.7. The van der Waals surface area contributed by atoms with E-state index in [0.717, 1.165) is 4.90 Å². The normalized spacial score (nSPS) is 10.5. The average Bonchev–Trinajstić information content (AvgIpc) is 2.71. The fraction of sp³-hybridized carbons (Fsp3) is 0.158. The Morgan fingerprint density at radius 1 is 1.04 bits per heavy atom. The van der Waals surface area contributed by atoms with E-state index in [1.165, 1.54) is 0 Å². The standard InChI is InChI=1S/C19H17N3O4S/c23-16(20-10-11-27-13-6-2-1-3-7-13)12-26-19(25)17-14-8-4-5-9-15(14)18(24)22-21-17/h1-9H,10-12H2,(H,20,23)(H,22,24). The number of hydrogen-bond donors (Lipinski definition) is 2. The maximum Gasteiger partial charge on any atom is 0.359 e. The van der Waals surface area contributed by atoms with E-state index in [0.29, 0.717) is 23.1 Å². The number of carbonyl (C=O) groups is 2. The van der Waals surface area contributed by atoms with E-state index < -0.39 is 24.0 Å². The minimum Gasteiger partial charge on any atom is -0.451 e. The molecular weight excluding hydrogens is 366 g/mol. The highest BCUT2D eigenvalue weighted by molar-refractivity contribution is 7.99. The van der Waals surface area contributed by atoms with Gasteiger partial charge in [-0.15, -0.1) is 11.8 Å². The van der Waals surface area contributed by atoms with Gasteiger partial charge in [0.2, 0.25) is 0 Å². The van der Waals surface area contributed by atoms with Gasteiger partial charge in [-0.25, -0.2) is 9.89 Å². The summed E-state index contributed by atoms with van der Waals surface area (Å²) in [5.41, 5.74) is -0.423. The Labute approximate surface area is 159 Å². The van der Waals surface area contributed by atoms with Crippen LogP contribution >= 0.6 is 11.8 Å². The number of nitrogens with one attached hydrogen (secondary N) is 2. The molecule has 1 heterocycles. The average molecular weight is 383 g/mol. The number of ether oxygens (including phenoxy) is 1. The monoisotopic (exact) mass is 383 g/mol. The lowest BCUT2D eigenvalue weighted by Gasteiger charge is -2.07. The Balaban J connectivity index is 1.48. The fourth-order valence-electron chi connectivity index (χ4n) is 2.40. The third kappa shape index (κ3) is 4.95. The van der Waals surface area contributed by atoms with E-state index in [4.69, 9.17) is 4.74 Å². The minimum atomic E-state index is -0.767. The molecule has 0 atom stereocenters. The number of nitrogens with zero attached hydrogens (tertiary/aromatic N) is 1. The molecule has 8 heteroatoms. The van der Waals surface area contributed by atoms with Crippen LogP contribution in [0.1, 0.15) is 10.5 Å². The van der Waals surface area contributed by atoms with Gasteiger partial charge in [-0.1, -0.05) is 36.4 Å². The highest BCUT2D eigenvalue weighted by atomic mass is 32.2. The summed E-state index contributed by atoms with van der Waals surface area (Å²) in [6.07, 6.45) is 0. The molecule has 0 aliphatic heterocycles. The van der Waals surface area contributed by atoms with E-state index in [-0.39, 0.29) is 5.69 Å². The van der Waals surface area contributed by atoms with Crippen molar-refractivity contribution in [3.8, 4) is 0 Å². The van der Waals surface area contributed by atoms with E-state index >= 15 is 0 Å². The zero-order chi connectivity index (χ0) is 19.1. The Hall–Kier alpha value is -3.13. The molecule has 0 spiro atoms. The number of rotatable bonds is 7. The first-order chi connectivity index (χ1) is 13.1. The third-order valence-electron chi connectivity index (χ3n) is 3.66. The Morgan fingerprint density at radius 2 is 1.74 bits per heavy atom. The molecule has 0 bridgehead atoms. The van der Waals surface area contributed by atoms with Crippen LogP contribution in [0.3, 0.4) is 0 Å². The van der Waals surface area contributed by atoms with Crippen LogP contribution < -0.4 is 10.9 Å². The quantitative estimate of drug-likeness (QED) is 0.368. The maximum atomic E-state index is 12.2. The van der Waals surface area contributed by atoms with Crippen LogP contribution in [0, 0.1) is 0 Å². The van der Waals surface area contributed by atoms with Gasteiger partial charge in [0, 0.05) is 22.6 Å². The Bertz CT molecular complexity index is 1000. The van der Waals surface area contributed by atoms with E-state index in [1.807, 2.05) is 30.3 Å². The lowest BCUT2D eigenvalue weighted by molar-refractivity contribution is -0.124. The van der Waals surface area contributed by atoms with Crippen LogP contribution in [-0.2, 0) is 9.53 Å². The van der Waals surface area contributed by atoms with Crippen molar-refractivity contribution in [3.63, 3.8) is 0 Å². The number of aromatic amines is 1. The second-order valence-corrected chi connectivity index (χ2v) is 6.70. The molecule has 0 saturated heterocycles. The van der Waals surface area contributed by atoms with Gasteiger partial charge in [-0.3, -0.25) is 9.59 Å². The van der Waals surface area contributed by atoms with Gasteiger partial charge in [0.15, 0.2) is 12.3 Å². The first-order valence-corrected chi connectivity index (χ1v) is 9.23. The molecule has 1 amide bonds. The lowest BCUT2D eigenvalue weighted by atomic mass is 10.1. The number of aromatic nitrogens is 2. The van der Waals surface area contributed by atoms with Gasteiger partial charge in [-0.2, -0.15) is 5.10 Å². The van der Waals surface area contributed by atoms with Crippen molar-refractivity contribution in [1.29, 1.82) is 0 Å². The highest BCUT2D eigenvalue weighted by Crippen LogP contribution is 2.16. The SMILES string of the molecule is O=C(COC(=O)c1n[nH]c(=O)c2ccccc12)NCCSc1ccccc1. The minimum absolute atomic E-state index is 0.0300. The highest BCUT2D eigenvalue weighted by Gasteiger charge is 2.16. The molecule has 0 aliphatic rings. The van der Waals surface area contributed by atoms with E-state index in [9.17, 15) is 14.4 Å². The number of carbonyl (C=O) groups excluding carboxylic acids is 2. The number of amides is 1. The molecular formula is C19H17N3O4S. The summed E-state index contributed by atoms with van der Waals surface area (Å²) in [5, 5.41) is 9.41. The summed E-state index contributed by atoms with van der Waals surface area (Å²) in [6, 6.07) is 16.4. The Kier molecular flexibility index (Phi) is 6.22. The zero-order valence-corrected chi connectivity index (χ0v) is 15.1. The number of benzene rings is 2. The summed E-state index contributed by atoms with van der Waals surface area (Å²) in [4.78, 5) is 36.9. The van der Waals surface area contributed by atoms with Crippen LogP contribution in [0.2, 0.25) is 0 Å². The number of fused-ring (bicyclic) bond motifs is 1. The third-order valence-corrected chi connectivity index (χ3v) is 4.67. The van der Waals surface area contributed by atoms with Crippen molar-refractivity contribution >= 4 is 34.4 Å². The topological polar surface area (TPSA) is 101 Å². The molecule has 0 radical (unpaired) electrons. The van der Waals surface area contributed by atoms with Crippen LogP contribution in [0.15, 0.2) is 64.3 Å². The van der Waals surface area contributed by atoms with Gasteiger partial charge in [0.25, 0.3) is 11.5 Å². The lowest BCUT2D eigenvalue weighted by Crippen LogP contribution is -2.30. The molecule has 0 saturated carbocycles. The molecule has 27 heavy (non-hydrogen) atoms. The number of esters is 1. The molecule has 0 unspecified atom stereocenters. The second kappa shape index (κ2) is 9.00. The zero-order valence-electron chi connectivity index (χ0n) is 14.3. The van der Waals surface area contributed by atoms with Crippen molar-refractivity contribution in [3.05, 3.63) is 70.6 Å². The molecule has 138 valence electrons. The van der Waals surface area contributed by atoms with E-state index in [2.05, 4.69) is 15.5 Å². The molecule has 1 aromatic heterocycles. The second-order valence-electron chi connectivity index (χ2n) is 5.53. The summed E-state index contributed by atoms with van der Waals surface area (Å²) in [6.45, 7) is 0.0414. The molecule has 0 aliphatic carbocycles. The van der Waals surface area contributed by atoms with Gasteiger partial charge >= 0.3 is 5.97 Å². The van der Waals surface area contributed by atoms with Gasteiger partial charge in [0.05, 0.1) is 5.39 Å². The molecule has 3 aromatic rings. The number of thioether (sulfide) groups is 1. The van der Waals surface area contributed by atoms with Gasteiger partial charge < -0.3 is 10.1 Å².